The smallest absolute Gasteiger partial charge is 0.255 e. The quantitative estimate of drug-likeness (QED) is 0.539. The molecule has 2 N–H and O–H groups in total. The Labute approximate surface area is 172 Å². The molecular formula is C23H23FN4O2. The minimum absolute atomic E-state index is 0.0472. The molecule has 1 fully saturated rings. The van der Waals surface area contributed by atoms with Gasteiger partial charge in [-0.2, -0.15) is 5.10 Å². The Hall–Kier alpha value is -3.19. The molecule has 1 aliphatic rings. The van der Waals surface area contributed by atoms with E-state index >= 15 is 4.39 Å². The van der Waals surface area contributed by atoms with Crippen LogP contribution in [0.15, 0.2) is 47.4 Å². The summed E-state index contributed by atoms with van der Waals surface area (Å²) < 4.78 is 21.1. The summed E-state index contributed by atoms with van der Waals surface area (Å²) in [4.78, 5) is 16.9. The molecule has 2 aromatic heterocycles. The first-order valence-corrected chi connectivity index (χ1v) is 10.2. The molecule has 2 aromatic carbocycles. The van der Waals surface area contributed by atoms with Gasteiger partial charge in [0.05, 0.1) is 16.6 Å². The van der Waals surface area contributed by atoms with Crippen molar-refractivity contribution in [2.75, 3.05) is 13.1 Å². The van der Waals surface area contributed by atoms with Crippen molar-refractivity contribution in [3.05, 3.63) is 70.0 Å². The van der Waals surface area contributed by atoms with Crippen molar-refractivity contribution in [2.24, 2.45) is 0 Å². The standard InChI is InChI=1S/C23H23FN4O2/c1-14-12-25-23(29)17-6-7-20(22(24)21(14)17)30-15-8-10-28(11-9-15)13-19-16-4-2-3-5-18(16)26-27-19/h2-7,12,15H,8-11,13H2,1H3,(H,25,29)(H,26,27). The van der Waals surface area contributed by atoms with Gasteiger partial charge in [-0.3, -0.25) is 14.8 Å². The van der Waals surface area contributed by atoms with E-state index in [1.165, 1.54) is 6.20 Å². The fourth-order valence-corrected chi connectivity index (χ4v) is 4.27. The molecule has 0 saturated carbocycles. The summed E-state index contributed by atoms with van der Waals surface area (Å²) in [5, 5.41) is 9.34. The van der Waals surface area contributed by atoms with Crippen molar-refractivity contribution >= 4 is 21.7 Å². The number of likely N-dealkylation sites (tertiary alicyclic amines) is 1. The number of nitrogens with zero attached hydrogens (tertiary/aromatic N) is 2. The molecule has 1 aliphatic heterocycles. The van der Waals surface area contributed by atoms with Crippen molar-refractivity contribution < 1.29 is 9.13 Å². The summed E-state index contributed by atoms with van der Waals surface area (Å²) in [6.07, 6.45) is 3.12. The number of fused-ring (bicyclic) bond motifs is 2. The van der Waals surface area contributed by atoms with Gasteiger partial charge in [0.1, 0.15) is 6.10 Å². The number of piperidine rings is 1. The SMILES string of the molecule is Cc1c[nH]c(=O)c2ccc(OC3CCN(Cc4[nH]nc5ccccc45)CC3)c(F)c12. The van der Waals surface area contributed by atoms with Crippen LogP contribution in [0.4, 0.5) is 4.39 Å². The van der Waals surface area contributed by atoms with Gasteiger partial charge in [-0.1, -0.05) is 18.2 Å². The number of nitrogens with one attached hydrogen (secondary N) is 2. The summed E-state index contributed by atoms with van der Waals surface area (Å²) in [6.45, 7) is 4.32. The molecule has 0 spiro atoms. The fourth-order valence-electron chi connectivity index (χ4n) is 4.27. The third-order valence-electron chi connectivity index (χ3n) is 5.92. The molecule has 3 heterocycles. The van der Waals surface area contributed by atoms with Crippen LogP contribution in [0.2, 0.25) is 0 Å². The Morgan fingerprint density at radius 1 is 1.17 bits per heavy atom. The average molecular weight is 406 g/mol. The number of aromatic amines is 2. The number of hydrogen-bond acceptors (Lipinski definition) is 4. The molecule has 0 radical (unpaired) electrons. The molecule has 0 atom stereocenters. The van der Waals surface area contributed by atoms with Crippen LogP contribution >= 0.6 is 0 Å². The van der Waals surface area contributed by atoms with Crippen molar-refractivity contribution in [1.29, 1.82) is 0 Å². The summed E-state index contributed by atoms with van der Waals surface area (Å²) >= 11 is 0. The van der Waals surface area contributed by atoms with Crippen LogP contribution in [0.25, 0.3) is 21.7 Å². The molecular weight excluding hydrogens is 383 g/mol. The zero-order valence-corrected chi connectivity index (χ0v) is 16.7. The van der Waals surface area contributed by atoms with Crippen molar-refractivity contribution in [2.45, 2.75) is 32.4 Å². The number of rotatable bonds is 4. The van der Waals surface area contributed by atoms with E-state index < -0.39 is 5.82 Å². The molecule has 0 amide bonds. The summed E-state index contributed by atoms with van der Waals surface area (Å²) in [7, 11) is 0. The van der Waals surface area contributed by atoms with Crippen molar-refractivity contribution in [3.63, 3.8) is 0 Å². The van der Waals surface area contributed by atoms with Crippen molar-refractivity contribution in [3.8, 4) is 5.75 Å². The normalized spacial score (nSPS) is 15.8. The number of aryl methyl sites for hydroxylation is 1. The zero-order valence-electron chi connectivity index (χ0n) is 16.7. The predicted octanol–water partition coefficient (Wildman–Crippen LogP) is 3.90. The van der Waals surface area contributed by atoms with Gasteiger partial charge in [0, 0.05) is 36.6 Å². The van der Waals surface area contributed by atoms with Gasteiger partial charge in [-0.25, -0.2) is 4.39 Å². The van der Waals surface area contributed by atoms with E-state index in [1.54, 1.807) is 19.1 Å². The molecule has 1 saturated heterocycles. The Morgan fingerprint density at radius 2 is 1.97 bits per heavy atom. The minimum Gasteiger partial charge on any atom is -0.487 e. The maximum absolute atomic E-state index is 15.0. The number of ether oxygens (including phenoxy) is 1. The van der Waals surface area contributed by atoms with Gasteiger partial charge in [0.25, 0.3) is 5.56 Å². The van der Waals surface area contributed by atoms with E-state index in [-0.39, 0.29) is 17.4 Å². The summed E-state index contributed by atoms with van der Waals surface area (Å²) in [5.41, 5.74) is 2.49. The molecule has 0 bridgehead atoms. The van der Waals surface area contributed by atoms with Gasteiger partial charge in [-0.05, 0) is 43.5 Å². The maximum atomic E-state index is 15.0. The minimum atomic E-state index is -0.456. The average Bonchev–Trinajstić information content (AvgIpc) is 3.16. The van der Waals surface area contributed by atoms with Crippen LogP contribution < -0.4 is 10.3 Å². The summed E-state index contributed by atoms with van der Waals surface area (Å²) in [6, 6.07) is 11.3. The highest BCUT2D eigenvalue weighted by Crippen LogP contribution is 2.29. The van der Waals surface area contributed by atoms with Gasteiger partial charge in [-0.15, -0.1) is 0 Å². The molecule has 0 unspecified atom stereocenters. The lowest BCUT2D eigenvalue weighted by atomic mass is 10.1. The molecule has 4 aromatic rings. The van der Waals surface area contributed by atoms with Gasteiger partial charge >= 0.3 is 0 Å². The second kappa shape index (κ2) is 7.57. The number of halogens is 1. The highest BCUT2D eigenvalue weighted by Gasteiger charge is 2.23. The number of benzene rings is 2. The Balaban J connectivity index is 1.27. The highest BCUT2D eigenvalue weighted by atomic mass is 19.1. The molecule has 6 nitrogen and oxygen atoms in total. The largest absolute Gasteiger partial charge is 0.487 e. The van der Waals surface area contributed by atoms with E-state index in [2.05, 4.69) is 26.1 Å². The van der Waals surface area contributed by atoms with E-state index in [1.807, 2.05) is 18.2 Å². The van der Waals surface area contributed by atoms with Gasteiger partial charge < -0.3 is 9.72 Å². The first kappa shape index (κ1) is 18.8. The lowest BCUT2D eigenvalue weighted by Gasteiger charge is -2.32. The second-order valence-corrected chi connectivity index (χ2v) is 7.91. The Morgan fingerprint density at radius 3 is 2.80 bits per heavy atom. The van der Waals surface area contributed by atoms with Crippen LogP contribution in [0, 0.1) is 12.7 Å². The highest BCUT2D eigenvalue weighted by molar-refractivity contribution is 5.86. The van der Waals surface area contributed by atoms with Crippen LogP contribution in [-0.2, 0) is 6.54 Å². The predicted molar refractivity (Wildman–Crippen MR) is 114 cm³/mol. The maximum Gasteiger partial charge on any atom is 0.255 e. The number of pyridine rings is 1. The number of hydrogen-bond donors (Lipinski definition) is 2. The molecule has 0 aliphatic carbocycles. The molecule has 7 heteroatoms. The van der Waals surface area contributed by atoms with Crippen LogP contribution in [0.1, 0.15) is 24.1 Å². The van der Waals surface area contributed by atoms with E-state index in [4.69, 9.17) is 4.74 Å². The Bertz CT molecular complexity index is 1270. The van der Waals surface area contributed by atoms with Crippen LogP contribution in [-0.4, -0.2) is 39.3 Å². The van der Waals surface area contributed by atoms with Gasteiger partial charge in [0.15, 0.2) is 11.6 Å². The molecule has 5 rings (SSSR count). The monoisotopic (exact) mass is 406 g/mol. The van der Waals surface area contributed by atoms with E-state index in [9.17, 15) is 4.79 Å². The lowest BCUT2D eigenvalue weighted by molar-refractivity contribution is 0.0933. The van der Waals surface area contributed by atoms with Crippen molar-refractivity contribution in [1.82, 2.24) is 20.1 Å². The first-order valence-electron chi connectivity index (χ1n) is 10.2. The first-order chi connectivity index (χ1) is 14.6. The lowest BCUT2D eigenvalue weighted by Crippen LogP contribution is -2.38. The zero-order chi connectivity index (χ0) is 20.7. The fraction of sp³-hybridized carbons (Fsp3) is 0.304. The second-order valence-electron chi connectivity index (χ2n) is 7.91. The Kier molecular flexibility index (Phi) is 4.75. The summed E-state index contributed by atoms with van der Waals surface area (Å²) in [5.74, 6) is -0.239. The van der Waals surface area contributed by atoms with E-state index in [0.717, 1.165) is 49.1 Å². The number of H-pyrrole nitrogens is 2. The van der Waals surface area contributed by atoms with E-state index in [0.29, 0.717) is 16.3 Å². The van der Waals surface area contributed by atoms with Gasteiger partial charge in [0.2, 0.25) is 0 Å². The van der Waals surface area contributed by atoms with Crippen LogP contribution in [0.3, 0.4) is 0 Å². The molecule has 154 valence electrons. The number of para-hydroxylation sites is 1. The van der Waals surface area contributed by atoms with Crippen LogP contribution in [0.5, 0.6) is 5.75 Å². The molecule has 30 heavy (non-hydrogen) atoms. The topological polar surface area (TPSA) is 74.0 Å². The third kappa shape index (κ3) is 3.35. The number of aromatic nitrogens is 3. The third-order valence-corrected chi connectivity index (χ3v) is 5.92.